The topological polar surface area (TPSA) is 48.0 Å². The number of nitrogens with two attached hydrogens (primary N) is 1. The minimum absolute atomic E-state index is 0.0940. The Morgan fingerprint density at radius 1 is 0.967 bits per heavy atom. The maximum atomic E-state index is 6.31. The molecular weight excluding hydrogens is 384 g/mol. The molecule has 0 amide bonds. The van der Waals surface area contributed by atoms with Crippen LogP contribution in [0, 0.1) is 0 Å². The Kier molecular flexibility index (Phi) is 3.99. The Bertz CT molecular complexity index is 1220. The number of nitrogen functional groups attached to an aromatic ring is 1. The first kappa shape index (κ1) is 18.1. The van der Waals surface area contributed by atoms with Gasteiger partial charge in [-0.2, -0.15) is 0 Å². The number of anilines is 1. The lowest BCUT2D eigenvalue weighted by atomic mass is 9.77. The van der Waals surface area contributed by atoms with Crippen LogP contribution in [-0.4, -0.2) is 11.8 Å². The second-order valence-corrected chi connectivity index (χ2v) is 9.85. The standard InChI is InChI=1S/C27H24N2S/c1-27-11-5-4-8-26(27)30-25-15-17(9-10-22(25)27)18-12-19(14-20(13-18)24-16-29-24)21-6-2-3-7-23(21)28/h2-15,24,26,29H,16,28H2,1H3/t24-,26?,27?/m0/s1. The number of benzene rings is 3. The second kappa shape index (κ2) is 6.63. The highest BCUT2D eigenvalue weighted by Gasteiger charge is 2.41. The van der Waals surface area contributed by atoms with Gasteiger partial charge in [0.2, 0.25) is 0 Å². The van der Waals surface area contributed by atoms with Crippen LogP contribution < -0.4 is 11.1 Å². The lowest BCUT2D eigenvalue weighted by Gasteiger charge is -2.28. The van der Waals surface area contributed by atoms with Gasteiger partial charge in [0.1, 0.15) is 0 Å². The van der Waals surface area contributed by atoms with E-state index in [-0.39, 0.29) is 5.41 Å². The Morgan fingerprint density at radius 2 is 1.80 bits per heavy atom. The van der Waals surface area contributed by atoms with E-state index < -0.39 is 0 Å². The van der Waals surface area contributed by atoms with E-state index in [0.29, 0.717) is 11.3 Å². The zero-order valence-corrected chi connectivity index (χ0v) is 17.7. The zero-order chi connectivity index (χ0) is 20.3. The number of hydrogen-bond acceptors (Lipinski definition) is 3. The molecule has 3 N–H and O–H groups in total. The summed E-state index contributed by atoms with van der Waals surface area (Å²) in [6.45, 7) is 3.40. The molecule has 3 heteroatoms. The molecule has 1 fully saturated rings. The van der Waals surface area contributed by atoms with E-state index in [1.54, 1.807) is 0 Å². The summed E-state index contributed by atoms with van der Waals surface area (Å²) >= 11 is 1.98. The molecule has 2 heterocycles. The molecular formula is C27H24N2S. The van der Waals surface area contributed by atoms with Crippen LogP contribution in [0.2, 0.25) is 0 Å². The van der Waals surface area contributed by atoms with Crippen molar-refractivity contribution in [3.63, 3.8) is 0 Å². The average molecular weight is 409 g/mol. The third-order valence-electron chi connectivity index (χ3n) is 6.62. The summed E-state index contributed by atoms with van der Waals surface area (Å²) in [7, 11) is 0. The van der Waals surface area contributed by atoms with Crippen molar-refractivity contribution in [3.05, 3.63) is 96.1 Å². The fraction of sp³-hybridized carbons (Fsp3) is 0.185. The van der Waals surface area contributed by atoms with Crippen molar-refractivity contribution in [3.8, 4) is 22.3 Å². The van der Waals surface area contributed by atoms with E-state index in [4.69, 9.17) is 5.73 Å². The normalized spacial score (nSPS) is 25.8. The van der Waals surface area contributed by atoms with E-state index in [0.717, 1.165) is 17.8 Å². The van der Waals surface area contributed by atoms with Crippen molar-refractivity contribution in [2.45, 2.75) is 28.5 Å². The van der Waals surface area contributed by atoms with Gasteiger partial charge in [-0.05, 0) is 58.1 Å². The molecule has 148 valence electrons. The van der Waals surface area contributed by atoms with E-state index in [1.807, 2.05) is 23.9 Å². The molecule has 3 aliphatic rings. The summed E-state index contributed by atoms with van der Waals surface area (Å²) < 4.78 is 0. The monoisotopic (exact) mass is 408 g/mol. The van der Waals surface area contributed by atoms with Crippen molar-refractivity contribution in [1.82, 2.24) is 5.32 Å². The second-order valence-electron chi connectivity index (χ2n) is 8.67. The molecule has 0 aromatic heterocycles. The maximum absolute atomic E-state index is 6.31. The van der Waals surface area contributed by atoms with Gasteiger partial charge in [0.25, 0.3) is 0 Å². The van der Waals surface area contributed by atoms with Crippen molar-refractivity contribution in [1.29, 1.82) is 0 Å². The third kappa shape index (κ3) is 2.84. The number of para-hydroxylation sites is 1. The summed E-state index contributed by atoms with van der Waals surface area (Å²) in [6, 6.07) is 22.5. The summed E-state index contributed by atoms with van der Waals surface area (Å²) in [5.74, 6) is 0. The largest absolute Gasteiger partial charge is 0.398 e. The molecule has 6 rings (SSSR count). The molecule has 0 bridgehead atoms. The van der Waals surface area contributed by atoms with Crippen LogP contribution in [0.25, 0.3) is 22.3 Å². The van der Waals surface area contributed by atoms with Crippen LogP contribution in [0.3, 0.4) is 0 Å². The predicted molar refractivity (Wildman–Crippen MR) is 128 cm³/mol. The van der Waals surface area contributed by atoms with Gasteiger partial charge < -0.3 is 11.1 Å². The molecule has 3 aromatic carbocycles. The van der Waals surface area contributed by atoms with E-state index in [2.05, 4.69) is 85.1 Å². The molecule has 30 heavy (non-hydrogen) atoms. The van der Waals surface area contributed by atoms with Gasteiger partial charge in [-0.15, -0.1) is 11.8 Å². The number of allylic oxidation sites excluding steroid dienone is 3. The first-order valence-electron chi connectivity index (χ1n) is 10.5. The molecule has 2 aliphatic heterocycles. The summed E-state index contributed by atoms with van der Waals surface area (Å²) in [5, 5.41) is 3.93. The van der Waals surface area contributed by atoms with E-state index in [1.165, 1.54) is 32.7 Å². The van der Waals surface area contributed by atoms with Gasteiger partial charge in [0.05, 0.1) is 0 Å². The SMILES string of the molecule is CC12C=CC=CC1Sc1cc(-c3cc(-c4ccccc4N)cc([C@@H]4CN4)c3)ccc12. The third-order valence-corrected chi connectivity index (χ3v) is 8.11. The molecule has 3 aromatic rings. The highest BCUT2D eigenvalue weighted by atomic mass is 32.2. The van der Waals surface area contributed by atoms with Gasteiger partial charge in [-0.3, -0.25) is 0 Å². The lowest BCUT2D eigenvalue weighted by molar-refractivity contribution is 0.620. The van der Waals surface area contributed by atoms with Crippen LogP contribution in [0.4, 0.5) is 5.69 Å². The Balaban J connectivity index is 1.47. The smallest absolute Gasteiger partial charge is 0.0448 e. The molecule has 2 unspecified atom stereocenters. The zero-order valence-electron chi connectivity index (χ0n) is 16.9. The van der Waals surface area contributed by atoms with Crippen molar-refractivity contribution in [2.24, 2.45) is 0 Å². The molecule has 0 saturated carbocycles. The molecule has 2 nitrogen and oxygen atoms in total. The lowest BCUT2D eigenvalue weighted by Crippen LogP contribution is -2.28. The van der Waals surface area contributed by atoms with Crippen LogP contribution >= 0.6 is 11.8 Å². The summed E-state index contributed by atoms with van der Waals surface area (Å²) in [6.07, 6.45) is 9.05. The molecule has 1 aliphatic carbocycles. The summed E-state index contributed by atoms with van der Waals surface area (Å²) in [5.41, 5.74) is 14.8. The summed E-state index contributed by atoms with van der Waals surface area (Å²) in [4.78, 5) is 1.40. The number of thioether (sulfide) groups is 1. The highest BCUT2D eigenvalue weighted by molar-refractivity contribution is 8.00. The van der Waals surface area contributed by atoms with Gasteiger partial charge >= 0.3 is 0 Å². The van der Waals surface area contributed by atoms with Gasteiger partial charge in [-0.25, -0.2) is 0 Å². The first-order chi connectivity index (χ1) is 14.6. The highest BCUT2D eigenvalue weighted by Crippen LogP contribution is 2.53. The predicted octanol–water partition coefficient (Wildman–Crippen LogP) is 6.11. The Hall–Kier alpha value is -2.75. The number of rotatable bonds is 3. The van der Waals surface area contributed by atoms with Crippen LogP contribution in [-0.2, 0) is 5.41 Å². The quantitative estimate of drug-likeness (QED) is 0.406. The molecule has 3 atom stereocenters. The fourth-order valence-corrected chi connectivity index (χ4v) is 6.23. The van der Waals surface area contributed by atoms with Crippen LogP contribution in [0.1, 0.15) is 24.1 Å². The van der Waals surface area contributed by atoms with Crippen molar-refractivity contribution in [2.75, 3.05) is 12.3 Å². The van der Waals surface area contributed by atoms with Gasteiger partial charge in [-0.1, -0.05) is 61.6 Å². The van der Waals surface area contributed by atoms with E-state index >= 15 is 0 Å². The fourth-order valence-electron chi connectivity index (χ4n) is 4.73. The minimum atomic E-state index is 0.0940. The number of fused-ring (bicyclic) bond motifs is 3. The first-order valence-corrected chi connectivity index (χ1v) is 11.4. The van der Waals surface area contributed by atoms with Crippen LogP contribution in [0.15, 0.2) is 89.9 Å². The Labute approximate surface area is 181 Å². The van der Waals surface area contributed by atoms with Gasteiger partial charge in [0, 0.05) is 39.4 Å². The van der Waals surface area contributed by atoms with Crippen molar-refractivity contribution >= 4 is 17.4 Å². The average Bonchev–Trinajstić information content (AvgIpc) is 3.57. The van der Waals surface area contributed by atoms with Crippen LogP contribution in [0.5, 0.6) is 0 Å². The minimum Gasteiger partial charge on any atom is -0.398 e. The van der Waals surface area contributed by atoms with E-state index in [9.17, 15) is 0 Å². The van der Waals surface area contributed by atoms with Gasteiger partial charge in [0.15, 0.2) is 0 Å². The number of hydrogen-bond donors (Lipinski definition) is 2. The number of nitrogens with one attached hydrogen (secondary N) is 1. The maximum Gasteiger partial charge on any atom is 0.0448 e. The molecule has 1 saturated heterocycles. The Morgan fingerprint density at radius 3 is 2.63 bits per heavy atom. The molecule has 0 spiro atoms. The molecule has 0 radical (unpaired) electrons. The van der Waals surface area contributed by atoms with Crippen molar-refractivity contribution < 1.29 is 0 Å².